The number of halogens is 2. The Balaban J connectivity index is 1.51. The van der Waals surface area contributed by atoms with Crippen molar-refractivity contribution < 1.29 is 9.59 Å². The first-order chi connectivity index (χ1) is 17.9. The topological polar surface area (TPSA) is 61.8 Å². The molecular formula is C29H23Cl2N3O2S. The van der Waals surface area contributed by atoms with Gasteiger partial charge in [-0.05, 0) is 52.6 Å². The lowest BCUT2D eigenvalue weighted by Crippen LogP contribution is -2.47. The Bertz CT molecular complexity index is 1470. The summed E-state index contributed by atoms with van der Waals surface area (Å²) >= 11 is 13.8. The largest absolute Gasteiger partial charge is 0.326 e. The lowest BCUT2D eigenvalue weighted by molar-refractivity contribution is -0.128. The lowest BCUT2D eigenvalue weighted by Gasteiger charge is -2.23. The van der Waals surface area contributed by atoms with Crippen molar-refractivity contribution in [1.82, 2.24) is 5.32 Å². The normalized spacial score (nSPS) is 16.0. The van der Waals surface area contributed by atoms with Crippen LogP contribution < -0.4 is 10.2 Å². The number of rotatable bonds is 6. The number of hydrogen-bond acceptors (Lipinski definition) is 4. The van der Waals surface area contributed by atoms with Gasteiger partial charge in [-0.3, -0.25) is 9.59 Å². The highest BCUT2D eigenvalue weighted by Crippen LogP contribution is 2.30. The molecule has 1 aliphatic heterocycles. The van der Waals surface area contributed by atoms with Gasteiger partial charge in [0.15, 0.2) is 0 Å². The fourth-order valence-electron chi connectivity index (χ4n) is 4.42. The summed E-state index contributed by atoms with van der Waals surface area (Å²) < 4.78 is 0. The SMILES string of the molecule is CN1C(=O)[C@@H](NC(=O)[C@H](Cc2ccc(Cl)c(Cl)c2)c2ccsc2)N=C(c2ccccc2)c2ccccc21. The first kappa shape index (κ1) is 25.2. The van der Waals surface area contributed by atoms with Crippen molar-refractivity contribution in [2.45, 2.75) is 18.5 Å². The van der Waals surface area contributed by atoms with Crippen molar-refractivity contribution in [1.29, 1.82) is 0 Å². The monoisotopic (exact) mass is 547 g/mol. The summed E-state index contributed by atoms with van der Waals surface area (Å²) in [5.41, 5.74) is 4.80. The van der Waals surface area contributed by atoms with Gasteiger partial charge in [-0.15, -0.1) is 0 Å². The van der Waals surface area contributed by atoms with Crippen LogP contribution in [0, 0.1) is 0 Å². The quantitative estimate of drug-likeness (QED) is 0.306. The maximum Gasteiger partial charge on any atom is 0.272 e. The van der Waals surface area contributed by atoms with Crippen LogP contribution in [0.4, 0.5) is 5.69 Å². The molecule has 0 fully saturated rings. The molecule has 1 aliphatic rings. The smallest absolute Gasteiger partial charge is 0.272 e. The number of thiophene rings is 1. The van der Waals surface area contributed by atoms with Gasteiger partial charge in [0.25, 0.3) is 5.91 Å². The van der Waals surface area contributed by atoms with Crippen molar-refractivity contribution >= 4 is 57.8 Å². The molecule has 0 radical (unpaired) electrons. The first-order valence-corrected chi connectivity index (χ1v) is 13.4. The molecule has 2 amide bonds. The molecular weight excluding hydrogens is 525 g/mol. The van der Waals surface area contributed by atoms with Gasteiger partial charge >= 0.3 is 0 Å². The number of anilines is 1. The Morgan fingerprint density at radius 1 is 1.03 bits per heavy atom. The number of fused-ring (bicyclic) bond motifs is 1. The number of aliphatic imine (C=N–C) groups is 1. The summed E-state index contributed by atoms with van der Waals surface area (Å²) in [7, 11) is 1.70. The van der Waals surface area contributed by atoms with Crippen LogP contribution in [-0.2, 0) is 16.0 Å². The van der Waals surface area contributed by atoms with Crippen molar-refractivity contribution in [2.24, 2.45) is 4.99 Å². The highest BCUT2D eigenvalue weighted by atomic mass is 35.5. The molecule has 0 saturated carbocycles. The number of likely N-dealkylation sites (N-methyl/N-ethyl adjacent to an activating group) is 1. The van der Waals surface area contributed by atoms with Crippen molar-refractivity contribution in [3.05, 3.63) is 122 Å². The third kappa shape index (κ3) is 5.32. The Labute approximate surface area is 229 Å². The maximum atomic E-state index is 13.7. The fraction of sp³-hybridized carbons (Fsp3) is 0.138. The zero-order chi connectivity index (χ0) is 25.9. The summed E-state index contributed by atoms with van der Waals surface area (Å²) in [6.45, 7) is 0. The zero-order valence-corrected chi connectivity index (χ0v) is 22.2. The predicted octanol–water partition coefficient (Wildman–Crippen LogP) is 6.34. The van der Waals surface area contributed by atoms with Crippen LogP contribution in [-0.4, -0.2) is 30.7 Å². The van der Waals surface area contributed by atoms with E-state index < -0.39 is 12.1 Å². The van der Waals surface area contributed by atoms with E-state index in [1.807, 2.05) is 77.5 Å². The van der Waals surface area contributed by atoms with E-state index in [1.165, 1.54) is 11.3 Å². The van der Waals surface area contributed by atoms with Crippen LogP contribution in [0.1, 0.15) is 28.2 Å². The number of benzodiazepines with no additional fused rings is 1. The van der Waals surface area contributed by atoms with Crippen molar-refractivity contribution in [3.8, 4) is 0 Å². The van der Waals surface area contributed by atoms with Crippen LogP contribution in [0.25, 0.3) is 0 Å². The maximum absolute atomic E-state index is 13.7. The molecule has 37 heavy (non-hydrogen) atoms. The second kappa shape index (κ2) is 10.9. The minimum Gasteiger partial charge on any atom is -0.326 e. The van der Waals surface area contributed by atoms with Crippen molar-refractivity contribution in [2.75, 3.05) is 11.9 Å². The van der Waals surface area contributed by atoms with Gasteiger partial charge in [0.2, 0.25) is 12.1 Å². The van der Waals surface area contributed by atoms with Gasteiger partial charge in [-0.25, -0.2) is 4.99 Å². The number of amides is 2. The molecule has 0 saturated heterocycles. The molecule has 5 nitrogen and oxygen atoms in total. The molecule has 4 aromatic rings. The molecule has 3 aromatic carbocycles. The number of carbonyl (C=O) groups excluding carboxylic acids is 2. The van der Waals surface area contributed by atoms with E-state index in [0.29, 0.717) is 22.2 Å². The molecule has 0 bridgehead atoms. The van der Waals surface area contributed by atoms with Crippen LogP contribution in [0.15, 0.2) is 94.6 Å². The Hall–Kier alpha value is -3.45. The van der Waals surface area contributed by atoms with E-state index in [2.05, 4.69) is 5.32 Å². The van der Waals surface area contributed by atoms with Gasteiger partial charge in [0.1, 0.15) is 0 Å². The summed E-state index contributed by atoms with van der Waals surface area (Å²) in [6.07, 6.45) is -0.693. The molecule has 8 heteroatoms. The van der Waals surface area contributed by atoms with Crippen LogP contribution >= 0.6 is 34.5 Å². The van der Waals surface area contributed by atoms with Crippen LogP contribution in [0.5, 0.6) is 0 Å². The van der Waals surface area contributed by atoms with Gasteiger partial charge in [-0.2, -0.15) is 11.3 Å². The summed E-state index contributed by atoms with van der Waals surface area (Å²) in [4.78, 5) is 33.7. The highest BCUT2D eigenvalue weighted by Gasteiger charge is 2.33. The average Bonchev–Trinajstić information content (AvgIpc) is 3.43. The molecule has 2 heterocycles. The number of benzene rings is 3. The van der Waals surface area contributed by atoms with Gasteiger partial charge < -0.3 is 10.2 Å². The number of para-hydroxylation sites is 1. The average molecular weight is 548 g/mol. The van der Waals surface area contributed by atoms with E-state index in [1.54, 1.807) is 24.1 Å². The zero-order valence-electron chi connectivity index (χ0n) is 19.9. The fourth-order valence-corrected chi connectivity index (χ4v) is 5.45. The van der Waals surface area contributed by atoms with Crippen LogP contribution in [0.2, 0.25) is 10.0 Å². The van der Waals surface area contributed by atoms with E-state index in [-0.39, 0.29) is 11.8 Å². The van der Waals surface area contributed by atoms with Gasteiger partial charge in [0, 0.05) is 18.2 Å². The highest BCUT2D eigenvalue weighted by molar-refractivity contribution is 7.08. The molecule has 1 N–H and O–H groups in total. The van der Waals surface area contributed by atoms with Crippen molar-refractivity contribution in [3.63, 3.8) is 0 Å². The van der Waals surface area contributed by atoms with Gasteiger partial charge in [0.05, 0.1) is 27.4 Å². The second-order valence-electron chi connectivity index (χ2n) is 8.73. The standard InChI is InChI=1S/C29H23Cl2N3O2S/c1-34-25-10-6-5-9-21(25)26(19-7-3-2-4-8-19)32-27(29(34)36)33-28(35)22(20-13-14-37-17-20)15-18-11-12-23(30)24(31)16-18/h2-14,16-17,22,27H,15H2,1H3,(H,33,35)/t22-,27-/m1/s1. The summed E-state index contributed by atoms with van der Waals surface area (Å²) in [6, 6.07) is 24.6. The van der Waals surface area contributed by atoms with Gasteiger partial charge in [-0.1, -0.05) is 77.8 Å². The minimum atomic E-state index is -1.09. The number of nitrogens with zero attached hydrogens (tertiary/aromatic N) is 2. The minimum absolute atomic E-state index is 0.293. The Morgan fingerprint density at radius 2 is 1.78 bits per heavy atom. The van der Waals surface area contributed by atoms with E-state index in [9.17, 15) is 9.59 Å². The van der Waals surface area contributed by atoms with E-state index >= 15 is 0 Å². The Kier molecular flexibility index (Phi) is 7.42. The molecule has 0 aliphatic carbocycles. The third-order valence-corrected chi connectivity index (χ3v) is 7.80. The Morgan fingerprint density at radius 3 is 2.51 bits per heavy atom. The van der Waals surface area contributed by atoms with Crippen LogP contribution in [0.3, 0.4) is 0 Å². The lowest BCUT2D eigenvalue weighted by atomic mass is 9.93. The molecule has 186 valence electrons. The molecule has 2 atom stereocenters. The third-order valence-electron chi connectivity index (χ3n) is 6.36. The van der Waals surface area contributed by atoms with E-state index in [0.717, 1.165) is 27.9 Å². The predicted molar refractivity (Wildman–Crippen MR) is 151 cm³/mol. The molecule has 1 aromatic heterocycles. The molecule has 0 spiro atoms. The van der Waals surface area contributed by atoms with E-state index in [4.69, 9.17) is 28.2 Å². The number of nitrogens with one attached hydrogen (secondary N) is 1. The molecule has 0 unspecified atom stereocenters. The molecule has 5 rings (SSSR count). The summed E-state index contributed by atoms with van der Waals surface area (Å²) in [5.74, 6) is -1.15. The number of hydrogen-bond donors (Lipinski definition) is 1. The number of carbonyl (C=O) groups is 2. The summed E-state index contributed by atoms with van der Waals surface area (Å²) in [5, 5.41) is 7.69. The second-order valence-corrected chi connectivity index (χ2v) is 10.3. The first-order valence-electron chi connectivity index (χ1n) is 11.7.